The second-order valence-corrected chi connectivity index (χ2v) is 7.50. The minimum atomic E-state index is -0.299. The third-order valence-electron chi connectivity index (χ3n) is 5.52. The summed E-state index contributed by atoms with van der Waals surface area (Å²) in [5.74, 6) is -0.992. The normalized spacial score (nSPS) is 13.9. The molecule has 30 heavy (non-hydrogen) atoms. The summed E-state index contributed by atoms with van der Waals surface area (Å²) in [5, 5.41) is 2.94. The molecule has 1 heterocycles. The highest BCUT2D eigenvalue weighted by Crippen LogP contribution is 2.26. The SMILES string of the molecule is Cc1ccc(NC(=O)[C@@H](C)c2ccccc2)cc1CN1C(=O)c2ccccc2C1=O. The van der Waals surface area contributed by atoms with E-state index in [1.807, 2.05) is 62.4 Å². The van der Waals surface area contributed by atoms with Crippen molar-refractivity contribution < 1.29 is 14.4 Å². The van der Waals surface area contributed by atoms with Gasteiger partial charge in [0.25, 0.3) is 11.8 Å². The first-order valence-corrected chi connectivity index (χ1v) is 9.86. The number of hydrogen-bond donors (Lipinski definition) is 1. The number of imide groups is 1. The Balaban J connectivity index is 1.52. The molecule has 5 heteroatoms. The lowest BCUT2D eigenvalue weighted by molar-refractivity contribution is -0.117. The summed E-state index contributed by atoms with van der Waals surface area (Å²) >= 11 is 0. The zero-order chi connectivity index (χ0) is 21.3. The second-order valence-electron chi connectivity index (χ2n) is 7.50. The molecule has 0 aromatic heterocycles. The number of anilines is 1. The van der Waals surface area contributed by atoms with Crippen molar-refractivity contribution in [1.82, 2.24) is 4.90 Å². The molecule has 150 valence electrons. The number of carbonyl (C=O) groups is 3. The van der Waals surface area contributed by atoms with Crippen LogP contribution in [0.25, 0.3) is 0 Å². The Morgan fingerprint density at radius 3 is 2.13 bits per heavy atom. The molecule has 3 amide bonds. The van der Waals surface area contributed by atoms with Gasteiger partial charge in [0, 0.05) is 5.69 Å². The summed E-state index contributed by atoms with van der Waals surface area (Å²) in [4.78, 5) is 39.3. The zero-order valence-corrected chi connectivity index (χ0v) is 16.9. The topological polar surface area (TPSA) is 66.5 Å². The molecule has 0 fully saturated rings. The number of carbonyl (C=O) groups excluding carboxylic acids is 3. The lowest BCUT2D eigenvalue weighted by Gasteiger charge is -2.18. The molecular weight excluding hydrogens is 376 g/mol. The fraction of sp³-hybridized carbons (Fsp3) is 0.160. The highest BCUT2D eigenvalue weighted by atomic mass is 16.2. The van der Waals surface area contributed by atoms with Crippen LogP contribution in [0.5, 0.6) is 0 Å². The fourth-order valence-electron chi connectivity index (χ4n) is 3.62. The maximum absolute atomic E-state index is 12.7. The Bertz CT molecular complexity index is 1100. The van der Waals surface area contributed by atoms with Crippen molar-refractivity contribution in [3.8, 4) is 0 Å². The Hall–Kier alpha value is -3.73. The Labute approximate surface area is 175 Å². The third kappa shape index (κ3) is 3.62. The van der Waals surface area contributed by atoms with Gasteiger partial charge in [-0.15, -0.1) is 0 Å². The van der Waals surface area contributed by atoms with Crippen LogP contribution in [-0.4, -0.2) is 22.6 Å². The van der Waals surface area contributed by atoms with Crippen molar-refractivity contribution in [2.75, 3.05) is 5.32 Å². The number of nitrogens with zero attached hydrogens (tertiary/aromatic N) is 1. The van der Waals surface area contributed by atoms with Gasteiger partial charge in [0.2, 0.25) is 5.91 Å². The number of fused-ring (bicyclic) bond motifs is 1. The molecule has 4 rings (SSSR count). The summed E-state index contributed by atoms with van der Waals surface area (Å²) in [5.41, 5.74) is 4.20. The predicted octanol–water partition coefficient (Wildman–Crippen LogP) is 4.53. The molecule has 1 N–H and O–H groups in total. The van der Waals surface area contributed by atoms with E-state index < -0.39 is 0 Å². The molecule has 1 aliphatic rings. The van der Waals surface area contributed by atoms with Crippen LogP contribution in [0.1, 0.15) is 50.2 Å². The van der Waals surface area contributed by atoms with Crippen LogP contribution in [0.4, 0.5) is 5.69 Å². The Kier molecular flexibility index (Phi) is 5.19. The number of benzene rings is 3. The van der Waals surface area contributed by atoms with Gasteiger partial charge in [-0.3, -0.25) is 19.3 Å². The highest BCUT2D eigenvalue weighted by Gasteiger charge is 2.35. The number of aryl methyl sites for hydroxylation is 1. The van der Waals surface area contributed by atoms with E-state index in [0.717, 1.165) is 16.7 Å². The lowest BCUT2D eigenvalue weighted by Crippen LogP contribution is -2.29. The van der Waals surface area contributed by atoms with E-state index in [0.29, 0.717) is 16.8 Å². The van der Waals surface area contributed by atoms with Crippen LogP contribution in [0, 0.1) is 6.92 Å². The minimum absolute atomic E-state index is 0.114. The van der Waals surface area contributed by atoms with Crippen molar-refractivity contribution in [3.63, 3.8) is 0 Å². The van der Waals surface area contributed by atoms with E-state index in [1.54, 1.807) is 24.3 Å². The van der Waals surface area contributed by atoms with Gasteiger partial charge in [-0.1, -0.05) is 48.5 Å². The van der Waals surface area contributed by atoms with E-state index in [1.165, 1.54) is 4.90 Å². The Morgan fingerprint density at radius 1 is 0.900 bits per heavy atom. The summed E-state index contributed by atoms with van der Waals surface area (Å²) in [6, 6.07) is 22.0. The number of amides is 3. The largest absolute Gasteiger partial charge is 0.326 e. The maximum Gasteiger partial charge on any atom is 0.261 e. The smallest absolute Gasteiger partial charge is 0.261 e. The Morgan fingerprint density at radius 2 is 1.50 bits per heavy atom. The standard InChI is InChI=1S/C25H22N2O3/c1-16-12-13-20(26-23(28)17(2)18-8-4-3-5-9-18)14-19(16)15-27-24(29)21-10-6-7-11-22(21)25(27)30/h3-14,17H,15H2,1-2H3,(H,26,28)/t17-/m0/s1. The third-order valence-corrected chi connectivity index (χ3v) is 5.52. The van der Waals surface area contributed by atoms with E-state index in [2.05, 4.69) is 5.32 Å². The molecule has 0 aliphatic carbocycles. The van der Waals surface area contributed by atoms with Crippen LogP contribution in [0.3, 0.4) is 0 Å². The average molecular weight is 398 g/mol. The van der Waals surface area contributed by atoms with Gasteiger partial charge in [-0.25, -0.2) is 0 Å². The first-order chi connectivity index (χ1) is 14.5. The molecule has 3 aromatic rings. The number of rotatable bonds is 5. The first-order valence-electron chi connectivity index (χ1n) is 9.86. The van der Waals surface area contributed by atoms with Crippen molar-refractivity contribution in [3.05, 3.63) is 101 Å². The van der Waals surface area contributed by atoms with E-state index in [-0.39, 0.29) is 30.2 Å². The summed E-state index contributed by atoms with van der Waals surface area (Å²) in [6.45, 7) is 3.94. The van der Waals surface area contributed by atoms with Crippen LogP contribution < -0.4 is 5.32 Å². The zero-order valence-electron chi connectivity index (χ0n) is 16.9. The molecule has 0 radical (unpaired) electrons. The summed E-state index contributed by atoms with van der Waals surface area (Å²) < 4.78 is 0. The number of nitrogens with one attached hydrogen (secondary N) is 1. The highest BCUT2D eigenvalue weighted by molar-refractivity contribution is 6.21. The summed E-state index contributed by atoms with van der Waals surface area (Å²) in [7, 11) is 0. The van der Waals surface area contributed by atoms with Crippen molar-refractivity contribution in [2.45, 2.75) is 26.3 Å². The van der Waals surface area contributed by atoms with Gasteiger partial charge in [-0.2, -0.15) is 0 Å². The molecule has 0 spiro atoms. The van der Waals surface area contributed by atoms with Gasteiger partial charge in [0.1, 0.15) is 0 Å². The van der Waals surface area contributed by atoms with E-state index in [4.69, 9.17) is 0 Å². The van der Waals surface area contributed by atoms with Gasteiger partial charge >= 0.3 is 0 Å². The molecule has 0 bridgehead atoms. The van der Waals surface area contributed by atoms with Gasteiger partial charge < -0.3 is 5.32 Å². The second kappa shape index (κ2) is 7.95. The predicted molar refractivity (Wildman–Crippen MR) is 115 cm³/mol. The number of hydrogen-bond acceptors (Lipinski definition) is 3. The maximum atomic E-state index is 12.7. The van der Waals surface area contributed by atoms with Crippen LogP contribution in [0.2, 0.25) is 0 Å². The lowest BCUT2D eigenvalue weighted by atomic mass is 10.00. The van der Waals surface area contributed by atoms with Crippen molar-refractivity contribution in [2.24, 2.45) is 0 Å². The monoisotopic (exact) mass is 398 g/mol. The molecular formula is C25H22N2O3. The molecule has 1 aliphatic heterocycles. The van der Waals surface area contributed by atoms with Crippen molar-refractivity contribution in [1.29, 1.82) is 0 Å². The van der Waals surface area contributed by atoms with Gasteiger partial charge in [0.15, 0.2) is 0 Å². The molecule has 0 unspecified atom stereocenters. The van der Waals surface area contributed by atoms with Crippen LogP contribution in [-0.2, 0) is 11.3 Å². The molecule has 1 atom stereocenters. The van der Waals surface area contributed by atoms with Gasteiger partial charge in [0.05, 0.1) is 23.6 Å². The molecule has 3 aromatic carbocycles. The molecule has 0 saturated heterocycles. The molecule has 0 saturated carbocycles. The summed E-state index contributed by atoms with van der Waals surface area (Å²) in [6.07, 6.45) is 0. The van der Waals surface area contributed by atoms with E-state index >= 15 is 0 Å². The average Bonchev–Trinajstić information content (AvgIpc) is 3.01. The van der Waals surface area contributed by atoms with Gasteiger partial charge in [-0.05, 0) is 54.8 Å². The molecule has 5 nitrogen and oxygen atoms in total. The first kappa shape index (κ1) is 19.6. The van der Waals surface area contributed by atoms with Crippen LogP contribution >= 0.6 is 0 Å². The van der Waals surface area contributed by atoms with E-state index in [9.17, 15) is 14.4 Å². The minimum Gasteiger partial charge on any atom is -0.326 e. The van der Waals surface area contributed by atoms with Crippen molar-refractivity contribution >= 4 is 23.4 Å². The fourth-order valence-corrected chi connectivity index (χ4v) is 3.62. The van der Waals surface area contributed by atoms with Crippen LogP contribution in [0.15, 0.2) is 72.8 Å². The quantitative estimate of drug-likeness (QED) is 0.642.